The maximum absolute atomic E-state index is 5.86. The molecule has 2 aromatic heterocycles. The van der Waals surface area contributed by atoms with Crippen LogP contribution in [-0.2, 0) is 13.0 Å². The summed E-state index contributed by atoms with van der Waals surface area (Å²) in [6.07, 6.45) is 3.66. The van der Waals surface area contributed by atoms with Crippen LogP contribution in [0.25, 0.3) is 11.5 Å². The lowest BCUT2D eigenvalue weighted by Gasteiger charge is -2.06. The van der Waals surface area contributed by atoms with Crippen molar-refractivity contribution in [2.75, 3.05) is 6.61 Å². The second-order valence-electron chi connectivity index (χ2n) is 5.56. The molecule has 0 unspecified atom stereocenters. The van der Waals surface area contributed by atoms with Crippen LogP contribution in [0.2, 0.25) is 0 Å². The van der Waals surface area contributed by atoms with Gasteiger partial charge in [-0.1, -0.05) is 19.1 Å². The van der Waals surface area contributed by atoms with E-state index in [0.29, 0.717) is 19.0 Å². The van der Waals surface area contributed by atoms with Gasteiger partial charge in [0.05, 0.1) is 18.7 Å². The van der Waals surface area contributed by atoms with E-state index in [1.807, 2.05) is 38.1 Å². The first-order valence-electron chi connectivity index (χ1n) is 8.28. The van der Waals surface area contributed by atoms with E-state index < -0.39 is 0 Å². The summed E-state index contributed by atoms with van der Waals surface area (Å²) in [5.41, 5.74) is 1.71. The Labute approximate surface area is 141 Å². The number of hydrogen-bond acceptors (Lipinski definition) is 5. The molecule has 0 bridgehead atoms. The van der Waals surface area contributed by atoms with E-state index in [0.717, 1.165) is 41.4 Å². The van der Waals surface area contributed by atoms with Gasteiger partial charge in [-0.3, -0.25) is 0 Å². The molecule has 0 spiro atoms. The third-order valence-corrected chi connectivity index (χ3v) is 3.68. The van der Waals surface area contributed by atoms with Gasteiger partial charge in [0, 0.05) is 6.42 Å². The predicted octanol–water partition coefficient (Wildman–Crippen LogP) is 3.64. The zero-order chi connectivity index (χ0) is 16.9. The topological polar surface area (TPSA) is 66.0 Å². The van der Waals surface area contributed by atoms with Crippen LogP contribution in [0, 0.1) is 6.92 Å². The molecular formula is C18H22N4O2. The molecule has 0 radical (unpaired) electrons. The Hall–Kier alpha value is -2.63. The van der Waals surface area contributed by atoms with E-state index in [-0.39, 0.29) is 0 Å². The van der Waals surface area contributed by atoms with E-state index in [1.165, 1.54) is 0 Å². The average molecular weight is 326 g/mol. The van der Waals surface area contributed by atoms with E-state index in [2.05, 4.69) is 22.0 Å². The molecule has 0 saturated carbocycles. The summed E-state index contributed by atoms with van der Waals surface area (Å²) in [6, 6.07) is 7.77. The van der Waals surface area contributed by atoms with Gasteiger partial charge in [0.15, 0.2) is 5.82 Å². The molecular weight excluding hydrogens is 304 g/mol. The third kappa shape index (κ3) is 3.48. The molecule has 0 aliphatic heterocycles. The molecule has 3 aromatic rings. The van der Waals surface area contributed by atoms with Crippen LogP contribution in [0.3, 0.4) is 0 Å². The molecule has 0 aliphatic rings. The van der Waals surface area contributed by atoms with Crippen molar-refractivity contribution in [3.8, 4) is 17.2 Å². The number of aromatic nitrogens is 4. The Morgan fingerprint density at radius 1 is 1.21 bits per heavy atom. The number of oxazole rings is 1. The van der Waals surface area contributed by atoms with Crippen LogP contribution < -0.4 is 4.74 Å². The molecule has 0 fully saturated rings. The summed E-state index contributed by atoms with van der Waals surface area (Å²) in [6.45, 7) is 7.14. The van der Waals surface area contributed by atoms with E-state index >= 15 is 0 Å². The second kappa shape index (κ2) is 7.29. The molecule has 0 atom stereocenters. The first-order valence-corrected chi connectivity index (χ1v) is 8.28. The SMILES string of the molecule is CCCc1ncn(Cc2nc(-c3ccccc3OCC)oc2C)n1. The number of aryl methyl sites for hydroxylation is 2. The fraction of sp³-hybridized carbons (Fsp3) is 0.389. The lowest BCUT2D eigenvalue weighted by molar-refractivity contribution is 0.340. The Morgan fingerprint density at radius 3 is 2.83 bits per heavy atom. The molecule has 6 heteroatoms. The predicted molar refractivity (Wildman–Crippen MR) is 91.0 cm³/mol. The van der Waals surface area contributed by atoms with Crippen molar-refractivity contribution in [1.82, 2.24) is 19.7 Å². The number of rotatable bonds is 7. The maximum Gasteiger partial charge on any atom is 0.230 e. The number of para-hydroxylation sites is 1. The van der Waals surface area contributed by atoms with Crippen molar-refractivity contribution in [3.05, 3.63) is 47.9 Å². The minimum atomic E-state index is 0.544. The Kier molecular flexibility index (Phi) is 4.93. The van der Waals surface area contributed by atoms with Crippen molar-refractivity contribution in [1.29, 1.82) is 0 Å². The Bertz CT molecular complexity index is 807. The lowest BCUT2D eigenvalue weighted by atomic mass is 10.2. The molecule has 126 valence electrons. The fourth-order valence-electron chi connectivity index (χ4n) is 2.52. The van der Waals surface area contributed by atoms with E-state index in [1.54, 1.807) is 11.0 Å². The summed E-state index contributed by atoms with van der Waals surface area (Å²) < 4.78 is 13.3. The highest BCUT2D eigenvalue weighted by atomic mass is 16.5. The zero-order valence-electron chi connectivity index (χ0n) is 14.3. The van der Waals surface area contributed by atoms with Gasteiger partial charge in [-0.05, 0) is 32.4 Å². The number of hydrogen-bond donors (Lipinski definition) is 0. The van der Waals surface area contributed by atoms with Gasteiger partial charge in [0.25, 0.3) is 0 Å². The number of ether oxygens (including phenoxy) is 1. The van der Waals surface area contributed by atoms with Crippen molar-refractivity contribution in [2.45, 2.75) is 40.2 Å². The molecule has 0 saturated heterocycles. The van der Waals surface area contributed by atoms with Gasteiger partial charge < -0.3 is 9.15 Å². The normalized spacial score (nSPS) is 11.0. The minimum Gasteiger partial charge on any atom is -0.493 e. The highest BCUT2D eigenvalue weighted by Crippen LogP contribution is 2.30. The van der Waals surface area contributed by atoms with Crippen molar-refractivity contribution >= 4 is 0 Å². The highest BCUT2D eigenvalue weighted by Gasteiger charge is 2.16. The van der Waals surface area contributed by atoms with Gasteiger partial charge in [0.2, 0.25) is 5.89 Å². The summed E-state index contributed by atoms with van der Waals surface area (Å²) >= 11 is 0. The lowest BCUT2D eigenvalue weighted by Crippen LogP contribution is -2.03. The molecule has 0 N–H and O–H groups in total. The van der Waals surface area contributed by atoms with Gasteiger partial charge in [-0.2, -0.15) is 5.10 Å². The van der Waals surface area contributed by atoms with Crippen molar-refractivity contribution in [3.63, 3.8) is 0 Å². The summed E-state index contributed by atoms with van der Waals surface area (Å²) in [5, 5.41) is 4.46. The smallest absolute Gasteiger partial charge is 0.230 e. The van der Waals surface area contributed by atoms with Gasteiger partial charge >= 0.3 is 0 Å². The quantitative estimate of drug-likeness (QED) is 0.663. The Balaban J connectivity index is 1.85. The van der Waals surface area contributed by atoms with Crippen LogP contribution in [0.5, 0.6) is 5.75 Å². The summed E-state index contributed by atoms with van der Waals surface area (Å²) in [7, 11) is 0. The van der Waals surface area contributed by atoms with Gasteiger partial charge in [0.1, 0.15) is 23.5 Å². The number of benzene rings is 1. The van der Waals surface area contributed by atoms with E-state index in [4.69, 9.17) is 9.15 Å². The standard InChI is InChI=1S/C18H22N4O2/c1-4-8-17-19-12-22(21-17)11-15-13(3)24-18(20-15)14-9-6-7-10-16(14)23-5-2/h6-7,9-10,12H,4-5,8,11H2,1-3H3. The number of nitrogens with zero attached hydrogens (tertiary/aromatic N) is 4. The first kappa shape index (κ1) is 16.2. The molecule has 0 amide bonds. The van der Waals surface area contributed by atoms with Crippen LogP contribution in [0.4, 0.5) is 0 Å². The molecule has 24 heavy (non-hydrogen) atoms. The molecule has 6 nitrogen and oxygen atoms in total. The highest BCUT2D eigenvalue weighted by molar-refractivity contribution is 5.63. The maximum atomic E-state index is 5.86. The summed E-state index contributed by atoms with van der Waals surface area (Å²) in [5.74, 6) is 2.99. The van der Waals surface area contributed by atoms with Crippen molar-refractivity contribution in [2.24, 2.45) is 0 Å². The van der Waals surface area contributed by atoms with Gasteiger partial charge in [-0.25, -0.2) is 14.6 Å². The van der Waals surface area contributed by atoms with E-state index in [9.17, 15) is 0 Å². The second-order valence-corrected chi connectivity index (χ2v) is 5.56. The first-order chi connectivity index (χ1) is 11.7. The minimum absolute atomic E-state index is 0.544. The molecule has 3 rings (SSSR count). The van der Waals surface area contributed by atoms with Crippen LogP contribution >= 0.6 is 0 Å². The summed E-state index contributed by atoms with van der Waals surface area (Å²) in [4.78, 5) is 8.95. The zero-order valence-corrected chi connectivity index (χ0v) is 14.3. The van der Waals surface area contributed by atoms with Crippen LogP contribution in [0.1, 0.15) is 37.5 Å². The monoisotopic (exact) mass is 326 g/mol. The van der Waals surface area contributed by atoms with Gasteiger partial charge in [-0.15, -0.1) is 0 Å². The Morgan fingerprint density at radius 2 is 2.04 bits per heavy atom. The van der Waals surface area contributed by atoms with Crippen LogP contribution in [0.15, 0.2) is 35.0 Å². The third-order valence-electron chi connectivity index (χ3n) is 3.68. The average Bonchev–Trinajstić information content (AvgIpc) is 3.16. The molecule has 1 aromatic carbocycles. The largest absolute Gasteiger partial charge is 0.493 e. The fourth-order valence-corrected chi connectivity index (χ4v) is 2.52. The van der Waals surface area contributed by atoms with Crippen LogP contribution in [-0.4, -0.2) is 26.4 Å². The molecule has 2 heterocycles. The van der Waals surface area contributed by atoms with Crippen molar-refractivity contribution < 1.29 is 9.15 Å². The molecule has 0 aliphatic carbocycles.